The Morgan fingerprint density at radius 3 is 2.55 bits per heavy atom. The van der Waals surface area contributed by atoms with Gasteiger partial charge >= 0.3 is 0 Å². The SMILES string of the molecule is CNC(CCCc1ccccc1)c1cc(F)ccc1C. The molecule has 0 aromatic heterocycles. The van der Waals surface area contributed by atoms with E-state index in [0.717, 1.165) is 30.4 Å². The molecule has 0 spiro atoms. The van der Waals surface area contributed by atoms with Crippen LogP contribution in [0.15, 0.2) is 48.5 Å². The van der Waals surface area contributed by atoms with Crippen LogP contribution in [-0.2, 0) is 6.42 Å². The minimum atomic E-state index is -0.158. The first-order chi connectivity index (χ1) is 9.70. The minimum absolute atomic E-state index is 0.158. The van der Waals surface area contributed by atoms with Crippen molar-refractivity contribution in [1.29, 1.82) is 0 Å². The van der Waals surface area contributed by atoms with Crippen LogP contribution in [0.4, 0.5) is 4.39 Å². The van der Waals surface area contributed by atoms with Gasteiger partial charge in [-0.05, 0) is 62.1 Å². The molecule has 0 bridgehead atoms. The lowest BCUT2D eigenvalue weighted by Crippen LogP contribution is -2.17. The molecule has 2 aromatic carbocycles. The van der Waals surface area contributed by atoms with E-state index in [9.17, 15) is 4.39 Å². The van der Waals surface area contributed by atoms with Gasteiger partial charge in [-0.2, -0.15) is 0 Å². The number of benzene rings is 2. The fourth-order valence-corrected chi connectivity index (χ4v) is 2.60. The molecule has 2 heteroatoms. The minimum Gasteiger partial charge on any atom is -0.313 e. The number of hydrogen-bond donors (Lipinski definition) is 1. The molecule has 1 nitrogen and oxygen atoms in total. The first-order valence-corrected chi connectivity index (χ1v) is 7.18. The van der Waals surface area contributed by atoms with Crippen LogP contribution in [0.2, 0.25) is 0 Å². The zero-order valence-electron chi connectivity index (χ0n) is 12.2. The predicted molar refractivity (Wildman–Crippen MR) is 82.3 cm³/mol. The van der Waals surface area contributed by atoms with Crippen molar-refractivity contribution in [2.45, 2.75) is 32.2 Å². The zero-order valence-corrected chi connectivity index (χ0v) is 12.2. The maximum Gasteiger partial charge on any atom is 0.123 e. The second kappa shape index (κ2) is 7.20. The van der Waals surface area contributed by atoms with Gasteiger partial charge < -0.3 is 5.32 Å². The molecule has 0 saturated heterocycles. The van der Waals surface area contributed by atoms with Crippen molar-refractivity contribution in [1.82, 2.24) is 5.32 Å². The highest BCUT2D eigenvalue weighted by atomic mass is 19.1. The highest BCUT2D eigenvalue weighted by molar-refractivity contribution is 5.29. The monoisotopic (exact) mass is 271 g/mol. The van der Waals surface area contributed by atoms with Crippen molar-refractivity contribution in [2.75, 3.05) is 7.05 Å². The van der Waals surface area contributed by atoms with Crippen LogP contribution >= 0.6 is 0 Å². The molecule has 0 radical (unpaired) electrons. The Morgan fingerprint density at radius 2 is 1.85 bits per heavy atom. The summed E-state index contributed by atoms with van der Waals surface area (Å²) in [6, 6.07) is 15.7. The maximum absolute atomic E-state index is 13.4. The second-order valence-electron chi connectivity index (χ2n) is 5.22. The van der Waals surface area contributed by atoms with Crippen molar-refractivity contribution in [3.63, 3.8) is 0 Å². The summed E-state index contributed by atoms with van der Waals surface area (Å²) in [6.07, 6.45) is 3.16. The second-order valence-corrected chi connectivity index (χ2v) is 5.22. The molecule has 0 heterocycles. The van der Waals surface area contributed by atoms with E-state index in [1.807, 2.05) is 26.1 Å². The molecule has 0 saturated carbocycles. The maximum atomic E-state index is 13.4. The van der Waals surface area contributed by atoms with Gasteiger partial charge in [-0.15, -0.1) is 0 Å². The normalized spacial score (nSPS) is 12.3. The Balaban J connectivity index is 1.97. The van der Waals surface area contributed by atoms with Gasteiger partial charge in [0.2, 0.25) is 0 Å². The van der Waals surface area contributed by atoms with Gasteiger partial charge in [0.05, 0.1) is 0 Å². The highest BCUT2D eigenvalue weighted by Gasteiger charge is 2.12. The smallest absolute Gasteiger partial charge is 0.123 e. The van der Waals surface area contributed by atoms with Gasteiger partial charge in [0, 0.05) is 6.04 Å². The molecule has 0 aliphatic carbocycles. The van der Waals surface area contributed by atoms with Crippen LogP contribution < -0.4 is 5.32 Å². The molecule has 0 aliphatic rings. The summed E-state index contributed by atoms with van der Waals surface area (Å²) in [4.78, 5) is 0. The summed E-state index contributed by atoms with van der Waals surface area (Å²) < 4.78 is 13.4. The summed E-state index contributed by atoms with van der Waals surface area (Å²) in [5, 5.41) is 3.31. The van der Waals surface area contributed by atoms with Crippen molar-refractivity contribution >= 4 is 0 Å². The van der Waals surface area contributed by atoms with E-state index < -0.39 is 0 Å². The average Bonchev–Trinajstić information content (AvgIpc) is 2.48. The lowest BCUT2D eigenvalue weighted by Gasteiger charge is -2.19. The summed E-state index contributed by atoms with van der Waals surface area (Å²) >= 11 is 0. The van der Waals surface area contributed by atoms with Crippen LogP contribution in [0.3, 0.4) is 0 Å². The van der Waals surface area contributed by atoms with Crippen molar-refractivity contribution in [3.8, 4) is 0 Å². The van der Waals surface area contributed by atoms with Crippen molar-refractivity contribution in [3.05, 3.63) is 71.0 Å². The number of hydrogen-bond acceptors (Lipinski definition) is 1. The molecule has 1 unspecified atom stereocenters. The zero-order chi connectivity index (χ0) is 14.4. The third kappa shape index (κ3) is 3.91. The molecule has 2 aromatic rings. The molecule has 1 atom stereocenters. The molecule has 0 fully saturated rings. The fraction of sp³-hybridized carbons (Fsp3) is 0.333. The molecule has 0 amide bonds. The summed E-state index contributed by atoms with van der Waals surface area (Å²) in [5.41, 5.74) is 3.57. The van der Waals surface area contributed by atoms with Gasteiger partial charge in [-0.25, -0.2) is 4.39 Å². The van der Waals surface area contributed by atoms with Crippen LogP contribution in [-0.4, -0.2) is 7.05 Å². The van der Waals surface area contributed by atoms with E-state index in [1.54, 1.807) is 6.07 Å². The Bertz CT molecular complexity index is 536. The third-order valence-corrected chi connectivity index (χ3v) is 3.77. The quantitative estimate of drug-likeness (QED) is 0.820. The number of rotatable bonds is 6. The Morgan fingerprint density at radius 1 is 1.10 bits per heavy atom. The lowest BCUT2D eigenvalue weighted by atomic mass is 9.96. The lowest BCUT2D eigenvalue weighted by molar-refractivity contribution is 0.519. The van der Waals surface area contributed by atoms with Crippen molar-refractivity contribution < 1.29 is 4.39 Å². The molecule has 106 valence electrons. The predicted octanol–water partition coefficient (Wildman–Crippen LogP) is 4.42. The Labute approximate surface area is 120 Å². The first kappa shape index (κ1) is 14.7. The largest absolute Gasteiger partial charge is 0.313 e. The third-order valence-electron chi connectivity index (χ3n) is 3.77. The topological polar surface area (TPSA) is 12.0 Å². The van der Waals surface area contributed by atoms with E-state index in [-0.39, 0.29) is 11.9 Å². The Hall–Kier alpha value is -1.67. The van der Waals surface area contributed by atoms with E-state index in [0.29, 0.717) is 0 Å². The van der Waals surface area contributed by atoms with Crippen LogP contribution in [0.1, 0.15) is 35.6 Å². The molecule has 0 aliphatic heterocycles. The van der Waals surface area contributed by atoms with Gasteiger partial charge in [0.15, 0.2) is 0 Å². The van der Waals surface area contributed by atoms with Crippen LogP contribution in [0.5, 0.6) is 0 Å². The van der Waals surface area contributed by atoms with E-state index in [2.05, 4.69) is 29.6 Å². The first-order valence-electron chi connectivity index (χ1n) is 7.18. The van der Waals surface area contributed by atoms with Gasteiger partial charge in [-0.1, -0.05) is 36.4 Å². The number of halogens is 1. The van der Waals surface area contributed by atoms with Crippen LogP contribution in [0.25, 0.3) is 0 Å². The highest BCUT2D eigenvalue weighted by Crippen LogP contribution is 2.23. The van der Waals surface area contributed by atoms with E-state index in [1.165, 1.54) is 11.6 Å². The Kier molecular flexibility index (Phi) is 5.31. The van der Waals surface area contributed by atoms with E-state index >= 15 is 0 Å². The van der Waals surface area contributed by atoms with Gasteiger partial charge in [-0.3, -0.25) is 0 Å². The molecule has 1 N–H and O–H groups in total. The fourth-order valence-electron chi connectivity index (χ4n) is 2.60. The van der Waals surface area contributed by atoms with Crippen molar-refractivity contribution in [2.24, 2.45) is 0 Å². The summed E-state index contributed by atoms with van der Waals surface area (Å²) in [6.45, 7) is 2.04. The van der Waals surface area contributed by atoms with Gasteiger partial charge in [0.1, 0.15) is 5.82 Å². The molecule has 2 rings (SSSR count). The number of nitrogens with one attached hydrogen (secondary N) is 1. The molecular weight excluding hydrogens is 249 g/mol. The van der Waals surface area contributed by atoms with Crippen LogP contribution in [0, 0.1) is 12.7 Å². The standard InChI is InChI=1S/C18H22FN/c1-14-11-12-16(19)13-17(14)18(20-2)10-6-9-15-7-4-3-5-8-15/h3-5,7-8,11-13,18,20H,6,9-10H2,1-2H3. The average molecular weight is 271 g/mol. The van der Waals surface area contributed by atoms with Gasteiger partial charge in [0.25, 0.3) is 0 Å². The molecular formula is C18H22FN. The number of aryl methyl sites for hydroxylation is 2. The summed E-state index contributed by atoms with van der Waals surface area (Å²) in [7, 11) is 1.94. The summed E-state index contributed by atoms with van der Waals surface area (Å²) in [5.74, 6) is -0.158. The molecule has 20 heavy (non-hydrogen) atoms. The van der Waals surface area contributed by atoms with E-state index in [4.69, 9.17) is 0 Å².